The van der Waals surface area contributed by atoms with Crippen LogP contribution < -0.4 is 4.74 Å². The van der Waals surface area contributed by atoms with Gasteiger partial charge in [-0.1, -0.05) is 63.2 Å². The van der Waals surface area contributed by atoms with E-state index in [1.165, 1.54) is 4.90 Å². The maximum atomic E-state index is 13.1. The van der Waals surface area contributed by atoms with E-state index in [9.17, 15) is 14.7 Å². The van der Waals surface area contributed by atoms with Gasteiger partial charge in [-0.15, -0.1) is 0 Å². The van der Waals surface area contributed by atoms with E-state index in [1.54, 1.807) is 4.90 Å². The van der Waals surface area contributed by atoms with E-state index < -0.39 is 11.6 Å². The first-order valence-electron chi connectivity index (χ1n) is 12.4. The van der Waals surface area contributed by atoms with E-state index in [2.05, 4.69) is 25.7 Å². The lowest BCUT2D eigenvalue weighted by molar-refractivity contribution is -0.135. The van der Waals surface area contributed by atoms with Gasteiger partial charge in [-0.05, 0) is 42.1 Å². The zero-order valence-corrected chi connectivity index (χ0v) is 21.2. The van der Waals surface area contributed by atoms with Crippen LogP contribution in [-0.4, -0.2) is 77.1 Å². The molecule has 0 radical (unpaired) electrons. The third-order valence-corrected chi connectivity index (χ3v) is 7.62. The number of benzene rings is 2. The van der Waals surface area contributed by atoms with E-state index in [1.807, 2.05) is 61.6 Å². The molecule has 1 aliphatic carbocycles. The molecule has 2 fully saturated rings. The topological polar surface area (TPSA) is 73.3 Å². The van der Waals surface area contributed by atoms with Gasteiger partial charge in [0.1, 0.15) is 18.9 Å². The number of rotatable bonds is 7. The lowest BCUT2D eigenvalue weighted by atomic mass is 9.80. The van der Waals surface area contributed by atoms with Crippen LogP contribution in [0.3, 0.4) is 0 Å². The molecule has 1 saturated carbocycles. The van der Waals surface area contributed by atoms with Gasteiger partial charge in [0.15, 0.2) is 0 Å². The Balaban J connectivity index is 1.48. The summed E-state index contributed by atoms with van der Waals surface area (Å²) < 4.78 is 5.92. The number of hydrogen-bond donors (Lipinski definition) is 1. The maximum absolute atomic E-state index is 13.1. The fourth-order valence-electron chi connectivity index (χ4n) is 5.39. The van der Waals surface area contributed by atoms with E-state index in [0.29, 0.717) is 26.1 Å². The van der Waals surface area contributed by atoms with E-state index in [0.717, 1.165) is 30.0 Å². The molecule has 4 rings (SSSR count). The maximum Gasteiger partial charge on any atom is 0.408 e. The van der Waals surface area contributed by atoms with Crippen LogP contribution in [0.2, 0.25) is 0 Å². The van der Waals surface area contributed by atoms with Crippen molar-refractivity contribution in [3.63, 3.8) is 0 Å². The van der Waals surface area contributed by atoms with Crippen molar-refractivity contribution in [2.24, 2.45) is 5.41 Å². The van der Waals surface area contributed by atoms with Crippen molar-refractivity contribution in [3.8, 4) is 5.75 Å². The molecule has 2 atom stereocenters. The summed E-state index contributed by atoms with van der Waals surface area (Å²) in [5.74, 6) is 0.696. The number of nitrogens with zero attached hydrogens (tertiary/aromatic N) is 3. The minimum Gasteiger partial charge on any atom is -0.489 e. The van der Waals surface area contributed by atoms with Crippen molar-refractivity contribution >= 4 is 12.0 Å². The lowest BCUT2D eigenvalue weighted by Gasteiger charge is -2.42. The van der Waals surface area contributed by atoms with Crippen molar-refractivity contribution in [2.75, 3.05) is 39.8 Å². The second kappa shape index (κ2) is 9.90. The van der Waals surface area contributed by atoms with E-state index in [4.69, 9.17) is 4.74 Å². The Bertz CT molecular complexity index is 1030. The summed E-state index contributed by atoms with van der Waals surface area (Å²) in [5.41, 5.74) is 1.21. The number of carboxylic acid groups (broad SMARTS) is 1. The molecular formula is C28H37N3O4. The van der Waals surface area contributed by atoms with Crippen LogP contribution >= 0.6 is 0 Å². The van der Waals surface area contributed by atoms with E-state index in [-0.39, 0.29) is 23.8 Å². The molecule has 1 N–H and O–H groups in total. The molecule has 0 aromatic heterocycles. The number of carbonyl (C=O) groups is 2. The molecule has 0 spiro atoms. The highest BCUT2D eigenvalue weighted by Gasteiger charge is 2.66. The highest BCUT2D eigenvalue weighted by molar-refractivity contribution is 5.83. The second-order valence-corrected chi connectivity index (χ2v) is 10.8. The van der Waals surface area contributed by atoms with Crippen LogP contribution in [0.5, 0.6) is 5.75 Å². The van der Waals surface area contributed by atoms with Gasteiger partial charge in [0, 0.05) is 32.1 Å². The number of carbonyl (C=O) groups excluding carboxylic acids is 1. The molecule has 1 aliphatic heterocycles. The summed E-state index contributed by atoms with van der Waals surface area (Å²) in [6.07, 6.45) is -0.337. The third kappa shape index (κ3) is 5.30. The smallest absolute Gasteiger partial charge is 0.408 e. The molecule has 2 aromatic rings. The quantitative estimate of drug-likeness (QED) is 0.641. The van der Waals surface area contributed by atoms with E-state index >= 15 is 0 Å². The lowest BCUT2D eigenvalue weighted by Crippen LogP contribution is -2.56. The summed E-state index contributed by atoms with van der Waals surface area (Å²) in [6.45, 7) is 9.50. The summed E-state index contributed by atoms with van der Waals surface area (Å²) in [7, 11) is 2.03. The molecule has 1 heterocycles. The minimum absolute atomic E-state index is 0.0297. The van der Waals surface area contributed by atoms with Gasteiger partial charge in [0.2, 0.25) is 5.91 Å². The molecule has 2 aromatic carbocycles. The van der Waals surface area contributed by atoms with Crippen molar-refractivity contribution in [3.05, 3.63) is 65.7 Å². The summed E-state index contributed by atoms with van der Waals surface area (Å²) in [5, 5.41) is 10.2. The predicted octanol–water partition coefficient (Wildman–Crippen LogP) is 4.29. The van der Waals surface area contributed by atoms with Gasteiger partial charge in [-0.25, -0.2) is 4.79 Å². The molecule has 2 unspecified atom stereocenters. The third-order valence-electron chi connectivity index (χ3n) is 7.62. The summed E-state index contributed by atoms with van der Waals surface area (Å²) >= 11 is 0. The Morgan fingerprint density at radius 1 is 1.03 bits per heavy atom. The van der Waals surface area contributed by atoms with Crippen LogP contribution in [-0.2, 0) is 11.4 Å². The van der Waals surface area contributed by atoms with Crippen LogP contribution in [0.1, 0.15) is 44.2 Å². The Morgan fingerprint density at radius 2 is 1.66 bits per heavy atom. The van der Waals surface area contributed by atoms with Crippen LogP contribution in [0.25, 0.3) is 0 Å². The Labute approximate surface area is 208 Å². The summed E-state index contributed by atoms with van der Waals surface area (Å²) in [6, 6.07) is 18.0. The molecule has 2 amide bonds. The van der Waals surface area contributed by atoms with Crippen LogP contribution in [0, 0.1) is 5.41 Å². The highest BCUT2D eigenvalue weighted by atomic mass is 16.5. The van der Waals surface area contributed by atoms with Gasteiger partial charge >= 0.3 is 6.09 Å². The highest BCUT2D eigenvalue weighted by Crippen LogP contribution is 2.64. The molecule has 7 heteroatoms. The van der Waals surface area contributed by atoms with Crippen LogP contribution in [0.15, 0.2) is 54.6 Å². The average Bonchev–Trinajstić information content (AvgIpc) is 3.59. The zero-order valence-electron chi connectivity index (χ0n) is 21.2. The standard InChI is InChI=1S/C28H37N3O4/c1-27(2,3)28(31(26(33)34)19-25(32)30-16-14-29(4)15-17-30)18-24(28)22-10-12-23(13-11-22)35-20-21-8-6-5-7-9-21/h5-13,24H,14-20H2,1-4H3,(H,33,34). The Morgan fingerprint density at radius 3 is 2.23 bits per heavy atom. The fraction of sp³-hybridized carbons (Fsp3) is 0.500. The van der Waals surface area contributed by atoms with Crippen molar-refractivity contribution < 1.29 is 19.4 Å². The number of likely N-dealkylation sites (N-methyl/N-ethyl adjacent to an activating group) is 1. The first-order chi connectivity index (χ1) is 16.6. The Kier molecular flexibility index (Phi) is 7.08. The molecular weight excluding hydrogens is 442 g/mol. The SMILES string of the molecule is CN1CCN(C(=O)CN(C(=O)O)C2(C(C)(C)C)CC2c2ccc(OCc3ccccc3)cc2)CC1. The van der Waals surface area contributed by atoms with Crippen molar-refractivity contribution in [1.29, 1.82) is 0 Å². The molecule has 35 heavy (non-hydrogen) atoms. The number of hydrogen-bond acceptors (Lipinski definition) is 4. The predicted molar refractivity (Wildman–Crippen MR) is 136 cm³/mol. The van der Waals surface area contributed by atoms with Crippen LogP contribution in [0.4, 0.5) is 4.79 Å². The van der Waals surface area contributed by atoms with Crippen molar-refractivity contribution in [1.82, 2.24) is 14.7 Å². The monoisotopic (exact) mass is 479 g/mol. The van der Waals surface area contributed by atoms with Gasteiger partial charge in [-0.3, -0.25) is 9.69 Å². The first kappa shape index (κ1) is 25.0. The normalized spacial score (nSPS) is 22.5. The Hall–Kier alpha value is -3.06. The molecule has 7 nitrogen and oxygen atoms in total. The summed E-state index contributed by atoms with van der Waals surface area (Å²) in [4.78, 5) is 31.0. The van der Waals surface area contributed by atoms with Gasteiger partial charge in [0.25, 0.3) is 0 Å². The minimum atomic E-state index is -1.03. The number of amides is 2. The van der Waals surface area contributed by atoms with Gasteiger partial charge in [0.05, 0.1) is 5.54 Å². The fourth-order valence-corrected chi connectivity index (χ4v) is 5.39. The zero-order chi connectivity index (χ0) is 25.2. The molecule has 1 saturated heterocycles. The molecule has 2 aliphatic rings. The van der Waals surface area contributed by atoms with Gasteiger partial charge in [-0.2, -0.15) is 0 Å². The molecule has 188 valence electrons. The number of piperazine rings is 1. The average molecular weight is 480 g/mol. The van der Waals surface area contributed by atoms with Gasteiger partial charge < -0.3 is 19.6 Å². The van der Waals surface area contributed by atoms with Crippen molar-refractivity contribution in [2.45, 2.75) is 45.3 Å². The number of ether oxygens (including phenoxy) is 1. The molecule has 0 bridgehead atoms. The largest absolute Gasteiger partial charge is 0.489 e. The first-order valence-corrected chi connectivity index (χ1v) is 12.4. The second-order valence-electron chi connectivity index (χ2n) is 10.8.